The topological polar surface area (TPSA) is 41.6 Å². The number of ether oxygens (including phenoxy) is 1. The van der Waals surface area contributed by atoms with Crippen LogP contribution in [0.25, 0.3) is 0 Å². The van der Waals surface area contributed by atoms with E-state index in [9.17, 15) is 9.18 Å². The Hall–Kier alpha value is -1.62. The third kappa shape index (κ3) is 2.55. The third-order valence-corrected chi connectivity index (χ3v) is 2.88. The summed E-state index contributed by atoms with van der Waals surface area (Å²) in [6.45, 7) is 1.38. The third-order valence-electron chi connectivity index (χ3n) is 2.88. The van der Waals surface area contributed by atoms with E-state index in [1.165, 1.54) is 6.07 Å². The fraction of sp³-hybridized carbons (Fsp3) is 0.417. The molecule has 1 aromatic rings. The van der Waals surface area contributed by atoms with Gasteiger partial charge in [-0.15, -0.1) is 0 Å². The van der Waals surface area contributed by atoms with Crippen molar-refractivity contribution in [2.75, 3.05) is 26.7 Å². The summed E-state index contributed by atoms with van der Waals surface area (Å²) in [4.78, 5) is 12.9. The normalized spacial score (nSPS) is 17.1. The molecule has 92 valence electrons. The van der Waals surface area contributed by atoms with Gasteiger partial charge in [-0.1, -0.05) is 18.2 Å². The number of nitrogens with zero attached hydrogens (tertiary/aromatic N) is 1. The van der Waals surface area contributed by atoms with Crippen LogP contribution in [0.3, 0.4) is 0 Å². The van der Waals surface area contributed by atoms with Crippen molar-refractivity contribution in [3.8, 4) is 0 Å². The minimum Gasteiger partial charge on any atom is -0.448 e. The van der Waals surface area contributed by atoms with Gasteiger partial charge in [-0.05, 0) is 13.1 Å². The summed E-state index contributed by atoms with van der Waals surface area (Å²) >= 11 is 0. The van der Waals surface area contributed by atoms with Gasteiger partial charge in [0.05, 0.1) is 12.6 Å². The molecule has 1 amide bonds. The number of carbonyl (C=O) groups excluding carboxylic acids is 1. The molecule has 2 rings (SSSR count). The van der Waals surface area contributed by atoms with E-state index in [1.54, 1.807) is 30.1 Å². The molecule has 1 unspecified atom stereocenters. The lowest BCUT2D eigenvalue weighted by Crippen LogP contribution is -2.34. The molecule has 1 N–H and O–H groups in total. The van der Waals surface area contributed by atoms with Gasteiger partial charge >= 0.3 is 6.09 Å². The zero-order valence-electron chi connectivity index (χ0n) is 9.65. The Bertz CT molecular complexity index is 411. The van der Waals surface area contributed by atoms with Crippen LogP contribution in [0, 0.1) is 5.82 Å². The molecule has 0 radical (unpaired) electrons. The average molecular weight is 238 g/mol. The van der Waals surface area contributed by atoms with Crippen LogP contribution in [0.2, 0.25) is 0 Å². The summed E-state index contributed by atoms with van der Waals surface area (Å²) in [5.41, 5.74) is 0.565. The Kier molecular flexibility index (Phi) is 3.58. The first-order valence-corrected chi connectivity index (χ1v) is 5.55. The minimum absolute atomic E-state index is 0.221. The molecule has 1 heterocycles. The molecule has 1 atom stereocenters. The predicted octanol–water partition coefficient (Wildman–Crippen LogP) is 1.54. The largest absolute Gasteiger partial charge is 0.448 e. The number of nitrogens with one attached hydrogen (secondary N) is 1. The molecule has 0 spiro atoms. The molecule has 1 aromatic carbocycles. The number of hydrogen-bond donors (Lipinski definition) is 1. The Morgan fingerprint density at radius 1 is 1.53 bits per heavy atom. The van der Waals surface area contributed by atoms with Gasteiger partial charge in [0.25, 0.3) is 0 Å². The predicted molar refractivity (Wildman–Crippen MR) is 61.1 cm³/mol. The van der Waals surface area contributed by atoms with E-state index in [-0.39, 0.29) is 18.0 Å². The zero-order valence-corrected chi connectivity index (χ0v) is 9.65. The lowest BCUT2D eigenvalue weighted by Gasteiger charge is -2.22. The van der Waals surface area contributed by atoms with Gasteiger partial charge in [-0.2, -0.15) is 0 Å². The molecule has 1 saturated heterocycles. The second kappa shape index (κ2) is 5.14. The molecule has 1 aliphatic rings. The van der Waals surface area contributed by atoms with Crippen molar-refractivity contribution in [2.24, 2.45) is 0 Å². The zero-order chi connectivity index (χ0) is 12.3. The molecule has 17 heavy (non-hydrogen) atoms. The quantitative estimate of drug-likeness (QED) is 0.865. The van der Waals surface area contributed by atoms with Gasteiger partial charge in [0.1, 0.15) is 12.4 Å². The second-order valence-electron chi connectivity index (χ2n) is 3.92. The molecule has 4 nitrogen and oxygen atoms in total. The van der Waals surface area contributed by atoms with Crippen LogP contribution in [0.15, 0.2) is 24.3 Å². The van der Waals surface area contributed by atoms with Crippen LogP contribution >= 0.6 is 0 Å². The lowest BCUT2D eigenvalue weighted by molar-refractivity contribution is 0.156. The van der Waals surface area contributed by atoms with Crippen molar-refractivity contribution >= 4 is 6.09 Å². The van der Waals surface area contributed by atoms with Crippen LogP contribution in [0.1, 0.15) is 11.6 Å². The maximum atomic E-state index is 13.6. The van der Waals surface area contributed by atoms with E-state index in [1.807, 2.05) is 0 Å². The van der Waals surface area contributed by atoms with Crippen molar-refractivity contribution < 1.29 is 13.9 Å². The average Bonchev–Trinajstić information content (AvgIpc) is 2.73. The first-order valence-electron chi connectivity index (χ1n) is 5.55. The highest BCUT2D eigenvalue weighted by Crippen LogP contribution is 2.19. The molecular formula is C12H15FN2O2. The van der Waals surface area contributed by atoms with Crippen molar-refractivity contribution in [1.29, 1.82) is 0 Å². The number of cyclic esters (lactones) is 1. The molecule has 0 aliphatic carbocycles. The molecule has 5 heteroatoms. The van der Waals surface area contributed by atoms with Crippen molar-refractivity contribution in [2.45, 2.75) is 6.04 Å². The Labute approximate surface area is 99.4 Å². The Morgan fingerprint density at radius 3 is 2.88 bits per heavy atom. The standard InChI is InChI=1S/C12H15FN2O2/c1-14-11(8-15-6-7-17-12(15)16)9-4-2-3-5-10(9)13/h2-5,11,14H,6-8H2,1H3. The molecule has 0 bridgehead atoms. The summed E-state index contributed by atoms with van der Waals surface area (Å²) in [5.74, 6) is -0.264. The molecule has 1 fully saturated rings. The maximum absolute atomic E-state index is 13.6. The van der Waals surface area contributed by atoms with Crippen LogP contribution in [0.5, 0.6) is 0 Å². The minimum atomic E-state index is -0.332. The van der Waals surface area contributed by atoms with Gasteiger partial charge in [-0.25, -0.2) is 9.18 Å². The fourth-order valence-corrected chi connectivity index (χ4v) is 1.91. The summed E-state index contributed by atoms with van der Waals surface area (Å²) in [5, 5.41) is 3.02. The van der Waals surface area contributed by atoms with E-state index in [2.05, 4.69) is 5.32 Å². The van der Waals surface area contributed by atoms with E-state index < -0.39 is 0 Å². The Morgan fingerprint density at radius 2 is 2.29 bits per heavy atom. The van der Waals surface area contributed by atoms with Gasteiger partial charge in [-0.3, -0.25) is 0 Å². The van der Waals surface area contributed by atoms with Gasteiger partial charge in [0, 0.05) is 12.1 Å². The first kappa shape index (κ1) is 11.9. The Balaban J connectivity index is 2.11. The van der Waals surface area contributed by atoms with E-state index in [0.29, 0.717) is 25.3 Å². The van der Waals surface area contributed by atoms with Crippen molar-refractivity contribution in [3.63, 3.8) is 0 Å². The fourth-order valence-electron chi connectivity index (χ4n) is 1.91. The number of carbonyl (C=O) groups is 1. The maximum Gasteiger partial charge on any atom is 0.410 e. The van der Waals surface area contributed by atoms with E-state index >= 15 is 0 Å². The smallest absolute Gasteiger partial charge is 0.410 e. The summed E-state index contributed by atoms with van der Waals surface area (Å²) in [6, 6.07) is 6.35. The van der Waals surface area contributed by atoms with Crippen molar-refractivity contribution in [1.82, 2.24) is 10.2 Å². The number of rotatable bonds is 4. The summed E-state index contributed by atoms with van der Waals surface area (Å²) in [6.07, 6.45) is -0.332. The molecule has 1 aliphatic heterocycles. The monoisotopic (exact) mass is 238 g/mol. The number of hydrogen-bond acceptors (Lipinski definition) is 3. The van der Waals surface area contributed by atoms with Crippen LogP contribution < -0.4 is 5.32 Å². The summed E-state index contributed by atoms with van der Waals surface area (Å²) in [7, 11) is 1.75. The highest BCUT2D eigenvalue weighted by atomic mass is 19.1. The number of likely N-dealkylation sites (N-methyl/N-ethyl adjacent to an activating group) is 1. The van der Waals surface area contributed by atoms with Gasteiger partial charge in [0.15, 0.2) is 0 Å². The lowest BCUT2D eigenvalue weighted by atomic mass is 10.1. The molecular weight excluding hydrogens is 223 g/mol. The number of amides is 1. The number of halogens is 1. The van der Waals surface area contributed by atoms with Crippen LogP contribution in [0.4, 0.5) is 9.18 Å². The van der Waals surface area contributed by atoms with E-state index in [4.69, 9.17) is 4.74 Å². The van der Waals surface area contributed by atoms with Crippen LogP contribution in [-0.4, -0.2) is 37.7 Å². The molecule has 0 aromatic heterocycles. The van der Waals surface area contributed by atoms with E-state index in [0.717, 1.165) is 0 Å². The first-order chi connectivity index (χ1) is 8.22. The SMILES string of the molecule is CNC(CN1CCOC1=O)c1ccccc1F. The molecule has 0 saturated carbocycles. The van der Waals surface area contributed by atoms with Gasteiger partial charge < -0.3 is 15.0 Å². The van der Waals surface area contributed by atoms with Crippen molar-refractivity contribution in [3.05, 3.63) is 35.6 Å². The highest BCUT2D eigenvalue weighted by molar-refractivity contribution is 5.69. The second-order valence-corrected chi connectivity index (χ2v) is 3.92. The highest BCUT2D eigenvalue weighted by Gasteiger charge is 2.26. The number of benzene rings is 1. The van der Waals surface area contributed by atoms with Crippen LogP contribution in [-0.2, 0) is 4.74 Å². The summed E-state index contributed by atoms with van der Waals surface area (Å²) < 4.78 is 18.5. The van der Waals surface area contributed by atoms with Gasteiger partial charge in [0.2, 0.25) is 0 Å².